The van der Waals surface area contributed by atoms with Crippen LogP contribution >= 0.6 is 12.6 Å². The number of thiol groups is 1. The molecule has 2 nitrogen and oxygen atoms in total. The molecule has 1 saturated carbocycles. The highest BCUT2D eigenvalue weighted by Crippen LogP contribution is 2.34. The number of rotatable bonds is 4. The predicted octanol–water partition coefficient (Wildman–Crippen LogP) is 3.03. The molecule has 0 radical (unpaired) electrons. The lowest BCUT2D eigenvalue weighted by Crippen LogP contribution is -2.26. The topological polar surface area (TPSA) is 29.1 Å². The zero-order valence-electron chi connectivity index (χ0n) is 9.74. The van der Waals surface area contributed by atoms with Gasteiger partial charge in [-0.1, -0.05) is 13.3 Å². The third-order valence-electron chi connectivity index (χ3n) is 3.11. The van der Waals surface area contributed by atoms with Gasteiger partial charge in [0.1, 0.15) is 5.82 Å². The summed E-state index contributed by atoms with van der Waals surface area (Å²) in [7, 11) is 0. The van der Waals surface area contributed by atoms with E-state index in [-0.39, 0.29) is 10.8 Å². The van der Waals surface area contributed by atoms with E-state index >= 15 is 0 Å². The van der Waals surface area contributed by atoms with Crippen molar-refractivity contribution in [1.82, 2.24) is 5.32 Å². The van der Waals surface area contributed by atoms with Gasteiger partial charge in [-0.25, -0.2) is 4.39 Å². The lowest BCUT2D eigenvalue weighted by molar-refractivity contribution is 0.0948. The molecule has 17 heavy (non-hydrogen) atoms. The Hall–Kier alpha value is -1.03. The highest BCUT2D eigenvalue weighted by Gasteiger charge is 2.37. The van der Waals surface area contributed by atoms with Gasteiger partial charge in [0, 0.05) is 16.5 Å². The van der Waals surface area contributed by atoms with Gasteiger partial charge in [-0.05, 0) is 37.0 Å². The van der Waals surface area contributed by atoms with Crippen molar-refractivity contribution < 1.29 is 9.18 Å². The van der Waals surface area contributed by atoms with Crippen molar-refractivity contribution in [2.24, 2.45) is 5.92 Å². The summed E-state index contributed by atoms with van der Waals surface area (Å²) in [5, 5.41) is 2.96. The summed E-state index contributed by atoms with van der Waals surface area (Å²) in [5.41, 5.74) is 0.471. The Morgan fingerprint density at radius 2 is 2.35 bits per heavy atom. The van der Waals surface area contributed by atoms with Crippen molar-refractivity contribution in [1.29, 1.82) is 0 Å². The SMILES string of the molecule is CCCC1CC1NC(=O)c1ccc(F)c(S)c1. The molecule has 1 aromatic rings. The Labute approximate surface area is 106 Å². The van der Waals surface area contributed by atoms with Gasteiger partial charge in [0.15, 0.2) is 0 Å². The predicted molar refractivity (Wildman–Crippen MR) is 67.9 cm³/mol. The quantitative estimate of drug-likeness (QED) is 0.793. The standard InChI is InChI=1S/C13H16FNOS/c1-2-3-8-6-11(8)15-13(16)9-4-5-10(14)12(17)7-9/h4-5,7-8,11,17H,2-3,6H2,1H3,(H,15,16). The molecule has 2 rings (SSSR count). The number of halogens is 1. The molecular formula is C13H16FNOS. The first-order valence-electron chi connectivity index (χ1n) is 5.91. The molecule has 1 amide bonds. The molecule has 0 spiro atoms. The Morgan fingerprint density at radius 3 is 3.00 bits per heavy atom. The minimum absolute atomic E-state index is 0.135. The van der Waals surface area contributed by atoms with E-state index in [4.69, 9.17) is 0 Å². The number of amides is 1. The van der Waals surface area contributed by atoms with E-state index < -0.39 is 5.82 Å². The van der Waals surface area contributed by atoms with E-state index in [1.54, 1.807) is 0 Å². The van der Waals surface area contributed by atoms with Gasteiger partial charge in [0.05, 0.1) is 0 Å². The van der Waals surface area contributed by atoms with Crippen LogP contribution in [0.3, 0.4) is 0 Å². The third kappa shape index (κ3) is 3.00. The van der Waals surface area contributed by atoms with Crippen LogP contribution in [-0.2, 0) is 0 Å². The number of benzene rings is 1. The maximum atomic E-state index is 13.0. The van der Waals surface area contributed by atoms with Crippen LogP contribution in [0, 0.1) is 11.7 Å². The molecule has 1 fully saturated rings. The molecule has 2 atom stereocenters. The van der Waals surface area contributed by atoms with Crippen LogP contribution < -0.4 is 5.32 Å². The molecule has 1 aliphatic carbocycles. The minimum Gasteiger partial charge on any atom is -0.349 e. The van der Waals surface area contributed by atoms with E-state index in [1.165, 1.54) is 18.2 Å². The van der Waals surface area contributed by atoms with Gasteiger partial charge in [0.2, 0.25) is 0 Å². The van der Waals surface area contributed by atoms with Crippen LogP contribution in [0.25, 0.3) is 0 Å². The van der Waals surface area contributed by atoms with Gasteiger partial charge < -0.3 is 5.32 Å². The Morgan fingerprint density at radius 1 is 1.59 bits per heavy atom. The molecule has 0 bridgehead atoms. The van der Waals surface area contributed by atoms with Gasteiger partial charge in [-0.3, -0.25) is 4.79 Å². The highest BCUT2D eigenvalue weighted by molar-refractivity contribution is 7.80. The third-order valence-corrected chi connectivity index (χ3v) is 3.45. The first kappa shape index (κ1) is 12.4. The summed E-state index contributed by atoms with van der Waals surface area (Å²) in [6.07, 6.45) is 3.37. The Kier molecular flexibility index (Phi) is 3.72. The van der Waals surface area contributed by atoms with Crippen LogP contribution in [0.4, 0.5) is 4.39 Å². The molecule has 0 saturated heterocycles. The van der Waals surface area contributed by atoms with Crippen molar-refractivity contribution in [3.8, 4) is 0 Å². The van der Waals surface area contributed by atoms with Gasteiger partial charge in [0.25, 0.3) is 5.91 Å². The normalized spacial score (nSPS) is 22.3. The summed E-state index contributed by atoms with van der Waals surface area (Å²) in [5.74, 6) is 0.0870. The number of hydrogen-bond donors (Lipinski definition) is 2. The molecule has 1 N–H and O–H groups in total. The highest BCUT2D eigenvalue weighted by atomic mass is 32.1. The van der Waals surface area contributed by atoms with Crippen molar-refractivity contribution in [3.05, 3.63) is 29.6 Å². The summed E-state index contributed by atoms with van der Waals surface area (Å²) in [6.45, 7) is 2.14. The second-order valence-corrected chi connectivity index (χ2v) is 5.01. The molecule has 1 aromatic carbocycles. The molecule has 4 heteroatoms. The lowest BCUT2D eigenvalue weighted by Gasteiger charge is -2.05. The fourth-order valence-electron chi connectivity index (χ4n) is 2.02. The number of hydrogen-bond acceptors (Lipinski definition) is 2. The fraction of sp³-hybridized carbons (Fsp3) is 0.462. The maximum Gasteiger partial charge on any atom is 0.251 e. The summed E-state index contributed by atoms with van der Waals surface area (Å²) in [6, 6.07) is 4.52. The fourth-order valence-corrected chi connectivity index (χ4v) is 2.23. The van der Waals surface area contributed by atoms with Crippen LogP contribution in [0.1, 0.15) is 36.5 Å². The van der Waals surface area contributed by atoms with E-state index in [1.807, 2.05) is 0 Å². The lowest BCUT2D eigenvalue weighted by atomic mass is 10.2. The van der Waals surface area contributed by atoms with Crippen LogP contribution in [0.5, 0.6) is 0 Å². The zero-order valence-corrected chi connectivity index (χ0v) is 10.6. The van der Waals surface area contributed by atoms with E-state index in [9.17, 15) is 9.18 Å². The Balaban J connectivity index is 1.94. The minimum atomic E-state index is -0.403. The molecule has 2 unspecified atom stereocenters. The maximum absolute atomic E-state index is 13.0. The molecule has 1 aliphatic rings. The van der Waals surface area contributed by atoms with E-state index in [2.05, 4.69) is 24.9 Å². The van der Waals surface area contributed by atoms with Crippen molar-refractivity contribution in [3.63, 3.8) is 0 Å². The number of carbonyl (C=O) groups is 1. The number of carbonyl (C=O) groups excluding carboxylic acids is 1. The van der Waals surface area contributed by atoms with Crippen LogP contribution in [-0.4, -0.2) is 11.9 Å². The summed E-state index contributed by atoms with van der Waals surface area (Å²) in [4.78, 5) is 12.0. The summed E-state index contributed by atoms with van der Waals surface area (Å²) < 4.78 is 13.0. The van der Waals surface area contributed by atoms with E-state index in [0.29, 0.717) is 17.5 Å². The second kappa shape index (κ2) is 5.08. The van der Waals surface area contributed by atoms with Gasteiger partial charge in [-0.15, -0.1) is 12.6 Å². The summed E-state index contributed by atoms with van der Waals surface area (Å²) >= 11 is 3.96. The first-order valence-corrected chi connectivity index (χ1v) is 6.36. The first-order chi connectivity index (χ1) is 8.11. The molecule has 0 aromatic heterocycles. The van der Waals surface area contributed by atoms with Crippen LogP contribution in [0.2, 0.25) is 0 Å². The zero-order chi connectivity index (χ0) is 12.4. The van der Waals surface area contributed by atoms with Crippen LogP contribution in [0.15, 0.2) is 23.1 Å². The van der Waals surface area contributed by atoms with Gasteiger partial charge in [-0.2, -0.15) is 0 Å². The average Bonchev–Trinajstić information content (AvgIpc) is 3.01. The van der Waals surface area contributed by atoms with E-state index in [0.717, 1.165) is 19.3 Å². The Bertz CT molecular complexity index is 435. The second-order valence-electron chi connectivity index (χ2n) is 4.53. The van der Waals surface area contributed by atoms with Crippen molar-refractivity contribution in [2.45, 2.75) is 37.1 Å². The average molecular weight is 253 g/mol. The monoisotopic (exact) mass is 253 g/mol. The molecule has 0 heterocycles. The molecule has 0 aliphatic heterocycles. The molecule has 92 valence electrons. The van der Waals surface area contributed by atoms with Crippen molar-refractivity contribution in [2.75, 3.05) is 0 Å². The van der Waals surface area contributed by atoms with Gasteiger partial charge >= 0.3 is 0 Å². The smallest absolute Gasteiger partial charge is 0.251 e. The number of nitrogens with one attached hydrogen (secondary N) is 1. The molecular weight excluding hydrogens is 237 g/mol. The largest absolute Gasteiger partial charge is 0.349 e. The van der Waals surface area contributed by atoms with Crippen molar-refractivity contribution >= 4 is 18.5 Å².